The first kappa shape index (κ1) is 36.0. The number of methoxy groups -OCH3 is 1. The Bertz CT molecular complexity index is 788. The summed E-state index contributed by atoms with van der Waals surface area (Å²) in [5, 5.41) is 10.8. The molecule has 1 aromatic heterocycles. The van der Waals surface area contributed by atoms with E-state index < -0.39 is 0 Å². The summed E-state index contributed by atoms with van der Waals surface area (Å²) in [5.74, 6) is 0.355. The van der Waals surface area contributed by atoms with Crippen LogP contribution in [0.3, 0.4) is 0 Å². The van der Waals surface area contributed by atoms with E-state index in [1.165, 1.54) is 0 Å². The first-order valence-corrected chi connectivity index (χ1v) is 13.4. The van der Waals surface area contributed by atoms with Gasteiger partial charge in [0.15, 0.2) is 0 Å². The summed E-state index contributed by atoms with van der Waals surface area (Å²) < 4.78 is 5.64. The minimum absolute atomic E-state index is 0. The molecule has 0 atom stereocenters. The Morgan fingerprint density at radius 1 is 1.09 bits per heavy atom. The van der Waals surface area contributed by atoms with Gasteiger partial charge in [-0.3, -0.25) is 4.79 Å². The molecular formula is C24H44N2O5S2. The van der Waals surface area contributed by atoms with Crippen LogP contribution < -0.4 is 10.1 Å². The Kier molecular flexibility index (Phi) is 18.4. The molecular weight excluding hydrogens is 460 g/mol. The smallest absolute Gasteiger partial charge is 0.216 e. The van der Waals surface area contributed by atoms with E-state index in [0.29, 0.717) is 28.4 Å². The lowest BCUT2D eigenvalue weighted by molar-refractivity contribution is 0.103. The van der Waals surface area contributed by atoms with Crippen LogP contribution in [-0.2, 0) is 0 Å². The highest BCUT2D eigenvalue weighted by Gasteiger charge is 2.22. The molecule has 0 fully saturated rings. The number of aliphatic hydroxyl groups is 1. The zero-order valence-corrected chi connectivity index (χ0v) is 23.2. The number of hydrogen-bond donors (Lipinski definition) is 3. The lowest BCUT2D eigenvalue weighted by atomic mass is 10.1. The fourth-order valence-electron chi connectivity index (χ4n) is 1.72. The number of pyridine rings is 1. The van der Waals surface area contributed by atoms with Crippen LogP contribution >= 0.6 is 22.7 Å². The lowest BCUT2D eigenvalue weighted by Gasteiger charge is -2.40. The van der Waals surface area contributed by atoms with Crippen LogP contribution in [0.2, 0.25) is 0 Å². The molecule has 0 bridgehead atoms. The number of ether oxygens (including phenoxy) is 1. The minimum Gasteiger partial charge on any atom is -0.481 e. The number of rotatable bonds is 5. The number of ketones is 1. The van der Waals surface area contributed by atoms with Crippen LogP contribution in [0.5, 0.6) is 5.88 Å². The average molecular weight is 505 g/mol. The predicted octanol–water partition coefficient (Wildman–Crippen LogP) is 2.95. The van der Waals surface area contributed by atoms with Gasteiger partial charge in [0.25, 0.3) is 0 Å². The zero-order chi connectivity index (χ0) is 24.2. The van der Waals surface area contributed by atoms with Crippen molar-refractivity contribution in [3.8, 4) is 5.88 Å². The number of carbonyl (C=O) groups excluding carboxylic acids is 1. The third-order valence-electron chi connectivity index (χ3n) is 4.80. The van der Waals surface area contributed by atoms with E-state index in [-0.39, 0.29) is 33.4 Å². The number of carbonyl (C=O) groups is 1. The van der Waals surface area contributed by atoms with E-state index >= 15 is 0 Å². The number of aliphatic hydroxyl groups excluding tert-OH is 1. The molecule has 1 aromatic carbocycles. The number of hydrogen-bond acceptors (Lipinski definition) is 6. The first-order valence-electron chi connectivity index (χ1n) is 10.1. The fourth-order valence-corrected chi connectivity index (χ4v) is 1.86. The Balaban J connectivity index is -0.000000507. The summed E-state index contributed by atoms with van der Waals surface area (Å²) in [6.45, 7) is 9.74. The summed E-state index contributed by atoms with van der Waals surface area (Å²) in [6.07, 6.45) is 7.06. The van der Waals surface area contributed by atoms with Crippen molar-refractivity contribution >= 4 is 28.4 Å². The van der Waals surface area contributed by atoms with E-state index in [2.05, 4.69) is 62.5 Å². The fraction of sp³-hybridized carbons (Fsp3) is 0.500. The molecule has 0 spiro atoms. The van der Waals surface area contributed by atoms with E-state index in [1.54, 1.807) is 44.5 Å². The Morgan fingerprint density at radius 3 is 1.91 bits per heavy atom. The number of aromatic nitrogens is 1. The topological polar surface area (TPSA) is 134 Å². The molecule has 0 aliphatic rings. The largest absolute Gasteiger partial charge is 0.481 e. The Morgan fingerprint density at radius 2 is 1.58 bits per heavy atom. The molecule has 0 saturated heterocycles. The SMILES string of the molecule is CC(C)(C)S(C)(C)C.CNCCO.COc1nc(C(=O)c2ccc(S)cc2)ccc1C.O.O. The van der Waals surface area contributed by atoms with E-state index in [1.807, 2.05) is 13.0 Å². The van der Waals surface area contributed by atoms with Crippen molar-refractivity contribution in [3.63, 3.8) is 0 Å². The monoisotopic (exact) mass is 504 g/mol. The maximum Gasteiger partial charge on any atom is 0.216 e. The molecule has 0 aliphatic carbocycles. The van der Waals surface area contributed by atoms with Gasteiger partial charge in [0.05, 0.1) is 13.7 Å². The summed E-state index contributed by atoms with van der Waals surface area (Å²) in [4.78, 5) is 17.2. The van der Waals surface area contributed by atoms with Gasteiger partial charge >= 0.3 is 0 Å². The quantitative estimate of drug-likeness (QED) is 0.425. The normalized spacial score (nSPS) is 10.8. The highest BCUT2D eigenvalue weighted by molar-refractivity contribution is 8.33. The second-order valence-corrected chi connectivity index (χ2v) is 14.1. The summed E-state index contributed by atoms with van der Waals surface area (Å²) >= 11 is 4.19. The molecule has 192 valence electrons. The van der Waals surface area contributed by atoms with Crippen molar-refractivity contribution in [3.05, 3.63) is 53.2 Å². The molecule has 2 aromatic rings. The molecule has 9 heteroatoms. The maximum absolute atomic E-state index is 12.2. The zero-order valence-electron chi connectivity index (χ0n) is 21.4. The van der Waals surface area contributed by atoms with Gasteiger partial charge in [0, 0.05) is 22.6 Å². The Labute approximate surface area is 206 Å². The van der Waals surface area contributed by atoms with E-state index in [9.17, 15) is 4.79 Å². The molecule has 33 heavy (non-hydrogen) atoms. The van der Waals surface area contributed by atoms with Gasteiger partial charge in [-0.15, -0.1) is 12.6 Å². The van der Waals surface area contributed by atoms with Crippen molar-refractivity contribution in [2.24, 2.45) is 0 Å². The number of benzene rings is 1. The second-order valence-electron chi connectivity index (χ2n) is 8.68. The highest BCUT2D eigenvalue weighted by Crippen LogP contribution is 2.48. The van der Waals surface area contributed by atoms with Crippen LogP contribution in [-0.4, -0.2) is 77.6 Å². The molecule has 0 saturated carbocycles. The summed E-state index contributed by atoms with van der Waals surface area (Å²) in [7, 11) is 3.00. The van der Waals surface area contributed by atoms with Crippen molar-refractivity contribution in [1.29, 1.82) is 0 Å². The molecule has 6 N–H and O–H groups in total. The van der Waals surface area contributed by atoms with Gasteiger partial charge < -0.3 is 26.1 Å². The third kappa shape index (κ3) is 13.6. The molecule has 0 radical (unpaired) electrons. The van der Waals surface area contributed by atoms with Crippen LogP contribution in [0.15, 0.2) is 41.3 Å². The van der Waals surface area contributed by atoms with Crippen molar-refractivity contribution < 1.29 is 25.6 Å². The van der Waals surface area contributed by atoms with E-state index in [4.69, 9.17) is 9.84 Å². The molecule has 0 aliphatic heterocycles. The van der Waals surface area contributed by atoms with Gasteiger partial charge in [-0.2, -0.15) is 0 Å². The van der Waals surface area contributed by atoms with Crippen molar-refractivity contribution in [2.45, 2.75) is 37.3 Å². The van der Waals surface area contributed by atoms with Crippen molar-refractivity contribution in [2.75, 3.05) is 46.1 Å². The van der Waals surface area contributed by atoms with E-state index in [0.717, 1.165) is 10.5 Å². The molecule has 0 amide bonds. The average Bonchev–Trinajstić information content (AvgIpc) is 2.68. The highest BCUT2D eigenvalue weighted by atomic mass is 32.3. The van der Waals surface area contributed by atoms with Crippen LogP contribution in [0.1, 0.15) is 42.4 Å². The van der Waals surface area contributed by atoms with Gasteiger partial charge in [-0.25, -0.2) is 15.0 Å². The Hall–Kier alpha value is -1.62. The van der Waals surface area contributed by atoms with Gasteiger partial charge in [0.2, 0.25) is 11.7 Å². The van der Waals surface area contributed by atoms with Crippen LogP contribution in [0.25, 0.3) is 0 Å². The number of aryl methyl sites for hydroxylation is 1. The predicted molar refractivity (Wildman–Crippen MR) is 146 cm³/mol. The summed E-state index contributed by atoms with van der Waals surface area (Å²) in [6, 6.07) is 10.6. The van der Waals surface area contributed by atoms with Gasteiger partial charge in [-0.05, 0) is 67.8 Å². The maximum atomic E-state index is 12.2. The second kappa shape index (κ2) is 16.9. The number of thiol groups is 1. The van der Waals surface area contributed by atoms with Crippen molar-refractivity contribution in [1.82, 2.24) is 10.3 Å². The van der Waals surface area contributed by atoms with Crippen LogP contribution in [0.4, 0.5) is 0 Å². The number of nitrogens with one attached hydrogen (secondary N) is 1. The molecule has 2 rings (SSSR count). The minimum atomic E-state index is -0.340. The summed E-state index contributed by atoms with van der Waals surface area (Å²) in [5.41, 5.74) is 1.87. The third-order valence-corrected chi connectivity index (χ3v) is 8.78. The molecule has 1 heterocycles. The van der Waals surface area contributed by atoms with Gasteiger partial charge in [0.1, 0.15) is 5.69 Å². The van der Waals surface area contributed by atoms with Crippen LogP contribution in [0, 0.1) is 6.92 Å². The first-order chi connectivity index (χ1) is 14.3. The lowest BCUT2D eigenvalue weighted by Crippen LogP contribution is -2.21. The molecule has 7 nitrogen and oxygen atoms in total. The number of nitrogens with zero attached hydrogens (tertiary/aromatic N) is 1. The van der Waals surface area contributed by atoms with Gasteiger partial charge in [-0.1, -0.05) is 26.8 Å². The number of likely N-dealkylation sites (N-methyl/N-ethyl adjacent to an activating group) is 1. The molecule has 0 unspecified atom stereocenters. The standard InChI is InChI=1S/C14H13NO2S.C7H18S.C3H9NO.2H2O/c1-9-3-8-12(15-14(9)17-2)13(16)10-4-6-11(18)7-5-10;1-7(2,3)8(4,5)6;1-4-2-3-5;;/h3-8,18H,1-2H3;1-6H3;4-5H,2-3H2,1H3;2*1H2.